The van der Waals surface area contributed by atoms with Crippen molar-refractivity contribution < 1.29 is 0 Å². The molecule has 1 heteroatoms. The fraction of sp³-hybridized carbons (Fsp3) is 0.0909. The van der Waals surface area contributed by atoms with Crippen LogP contribution in [-0.2, 0) is 0 Å². The van der Waals surface area contributed by atoms with Gasteiger partial charge in [-0.2, -0.15) is 0 Å². The van der Waals surface area contributed by atoms with Gasteiger partial charge in [0.05, 0.1) is 0 Å². The molecule has 0 fully saturated rings. The summed E-state index contributed by atoms with van der Waals surface area (Å²) in [6.07, 6.45) is 1.92. The zero-order valence-electron chi connectivity index (χ0n) is 7.25. The molecule has 0 aliphatic rings. The minimum absolute atomic E-state index is 0.737. The first-order valence-electron chi connectivity index (χ1n) is 3.88. The fourth-order valence-electron chi connectivity index (χ4n) is 0.852. The minimum Gasteiger partial charge on any atom is -0.399 e. The van der Waals surface area contributed by atoms with Crippen LogP contribution in [0.2, 0.25) is 0 Å². The molecule has 0 saturated heterocycles. The van der Waals surface area contributed by atoms with E-state index in [1.54, 1.807) is 0 Å². The summed E-state index contributed by atoms with van der Waals surface area (Å²) in [5.74, 6) is 0. The first kappa shape index (κ1) is 8.60. The predicted molar refractivity (Wildman–Crippen MR) is 53.4 cm³/mol. The van der Waals surface area contributed by atoms with E-state index in [1.165, 1.54) is 0 Å². The monoisotopic (exact) mass is 159 g/mol. The molecular formula is C11H13N. The third kappa shape index (κ3) is 2.27. The molecule has 0 atom stereocenters. The Morgan fingerprint density at radius 1 is 1.33 bits per heavy atom. The highest BCUT2D eigenvalue weighted by atomic mass is 14.6. The Kier molecular flexibility index (Phi) is 2.70. The third-order valence-corrected chi connectivity index (χ3v) is 1.61. The van der Waals surface area contributed by atoms with Crippen LogP contribution in [0.1, 0.15) is 12.5 Å². The Bertz CT molecular complexity index is 296. The lowest BCUT2D eigenvalue weighted by molar-refractivity contribution is 1.32. The Morgan fingerprint density at radius 3 is 2.42 bits per heavy atom. The maximum atomic E-state index is 5.71. The molecular weight excluding hydrogens is 146 g/mol. The summed E-state index contributed by atoms with van der Waals surface area (Å²) in [5, 5.41) is 0. The second-order valence-corrected chi connectivity index (χ2v) is 2.79. The zero-order valence-corrected chi connectivity index (χ0v) is 7.25. The van der Waals surface area contributed by atoms with Gasteiger partial charge in [-0.1, -0.05) is 36.9 Å². The summed E-state index contributed by atoms with van der Waals surface area (Å²) < 4.78 is 0. The normalized spacial score (nSPS) is 11.2. The van der Waals surface area contributed by atoms with E-state index in [4.69, 9.17) is 5.73 Å². The van der Waals surface area contributed by atoms with Gasteiger partial charge < -0.3 is 5.73 Å². The molecule has 1 nitrogen and oxygen atoms in total. The van der Waals surface area contributed by atoms with Gasteiger partial charge in [0, 0.05) is 5.70 Å². The maximum Gasteiger partial charge on any atom is 0.0343 e. The molecule has 0 aromatic heterocycles. The van der Waals surface area contributed by atoms with E-state index in [0.717, 1.165) is 16.8 Å². The molecule has 0 heterocycles. The van der Waals surface area contributed by atoms with E-state index in [1.807, 2.05) is 43.3 Å². The van der Waals surface area contributed by atoms with Gasteiger partial charge in [-0.25, -0.2) is 0 Å². The lowest BCUT2D eigenvalue weighted by Crippen LogP contribution is -1.96. The largest absolute Gasteiger partial charge is 0.399 e. The maximum absolute atomic E-state index is 5.71. The molecule has 1 aromatic rings. The van der Waals surface area contributed by atoms with Crippen molar-refractivity contribution in [2.45, 2.75) is 6.92 Å². The van der Waals surface area contributed by atoms with Crippen molar-refractivity contribution in [3.8, 4) is 0 Å². The van der Waals surface area contributed by atoms with Gasteiger partial charge in [-0.3, -0.25) is 0 Å². The van der Waals surface area contributed by atoms with Gasteiger partial charge in [-0.15, -0.1) is 0 Å². The lowest BCUT2D eigenvalue weighted by Gasteiger charge is -1.98. The molecule has 62 valence electrons. The second kappa shape index (κ2) is 3.77. The van der Waals surface area contributed by atoms with Crippen LogP contribution in [0.15, 0.2) is 48.2 Å². The van der Waals surface area contributed by atoms with Crippen molar-refractivity contribution in [2.24, 2.45) is 5.73 Å². The van der Waals surface area contributed by atoms with Crippen molar-refractivity contribution in [1.82, 2.24) is 0 Å². The van der Waals surface area contributed by atoms with Crippen molar-refractivity contribution in [2.75, 3.05) is 0 Å². The Balaban J connectivity index is 2.89. The number of benzene rings is 1. The fourth-order valence-corrected chi connectivity index (χ4v) is 0.852. The highest BCUT2D eigenvalue weighted by Crippen LogP contribution is 2.07. The van der Waals surface area contributed by atoms with E-state index in [9.17, 15) is 0 Å². The minimum atomic E-state index is 0.737. The predicted octanol–water partition coefficient (Wildman–Crippen LogP) is 2.56. The molecule has 0 aliphatic carbocycles. The summed E-state index contributed by atoms with van der Waals surface area (Å²) in [6.45, 7) is 5.66. The molecule has 0 spiro atoms. The Hall–Kier alpha value is -1.50. The van der Waals surface area contributed by atoms with Crippen LogP contribution < -0.4 is 5.73 Å². The van der Waals surface area contributed by atoms with Crippen molar-refractivity contribution in [3.05, 3.63) is 53.7 Å². The first-order valence-corrected chi connectivity index (χ1v) is 3.88. The smallest absolute Gasteiger partial charge is 0.0343 e. The molecule has 12 heavy (non-hydrogen) atoms. The number of hydrogen-bond donors (Lipinski definition) is 1. The van der Waals surface area contributed by atoms with Crippen LogP contribution in [0, 0.1) is 0 Å². The molecule has 0 radical (unpaired) electrons. The van der Waals surface area contributed by atoms with Crippen LogP contribution >= 0.6 is 0 Å². The molecule has 1 aromatic carbocycles. The first-order chi connectivity index (χ1) is 5.70. The molecule has 0 bridgehead atoms. The van der Waals surface area contributed by atoms with E-state index in [0.29, 0.717) is 0 Å². The van der Waals surface area contributed by atoms with Gasteiger partial charge in [0.25, 0.3) is 0 Å². The molecule has 1 rings (SSSR count). The van der Waals surface area contributed by atoms with Gasteiger partial charge in [0.1, 0.15) is 0 Å². The van der Waals surface area contributed by atoms with E-state index >= 15 is 0 Å². The van der Waals surface area contributed by atoms with Crippen molar-refractivity contribution in [3.63, 3.8) is 0 Å². The average molecular weight is 159 g/mol. The molecule has 0 unspecified atom stereocenters. The summed E-state index contributed by atoms with van der Waals surface area (Å²) in [5.41, 5.74) is 8.46. The van der Waals surface area contributed by atoms with Crippen molar-refractivity contribution in [1.29, 1.82) is 0 Å². The topological polar surface area (TPSA) is 26.0 Å². The van der Waals surface area contributed by atoms with Gasteiger partial charge in [0.15, 0.2) is 0 Å². The molecule has 2 N–H and O–H groups in total. The highest BCUT2D eigenvalue weighted by Gasteiger charge is 1.90. The van der Waals surface area contributed by atoms with E-state index in [-0.39, 0.29) is 0 Å². The molecule has 0 aliphatic heterocycles. The summed E-state index contributed by atoms with van der Waals surface area (Å²) in [4.78, 5) is 0. The van der Waals surface area contributed by atoms with Crippen LogP contribution in [0.25, 0.3) is 6.08 Å². The summed E-state index contributed by atoms with van der Waals surface area (Å²) in [7, 11) is 0. The standard InChI is InChI=1S/C11H13N/c1-9(2)11(12)8-10-6-4-3-5-7-10/h3-8H,1,12H2,2H3. The number of hydrogen-bond acceptors (Lipinski definition) is 1. The molecule has 0 amide bonds. The number of rotatable bonds is 2. The van der Waals surface area contributed by atoms with Gasteiger partial charge in [0.2, 0.25) is 0 Å². The number of nitrogens with two attached hydrogens (primary N) is 1. The second-order valence-electron chi connectivity index (χ2n) is 2.79. The van der Waals surface area contributed by atoms with E-state index < -0.39 is 0 Å². The summed E-state index contributed by atoms with van der Waals surface area (Å²) >= 11 is 0. The third-order valence-electron chi connectivity index (χ3n) is 1.61. The Morgan fingerprint density at radius 2 is 1.92 bits per heavy atom. The lowest BCUT2D eigenvalue weighted by atomic mass is 10.1. The van der Waals surface area contributed by atoms with E-state index in [2.05, 4.69) is 6.58 Å². The van der Waals surface area contributed by atoms with Crippen LogP contribution in [-0.4, -0.2) is 0 Å². The molecule has 0 saturated carbocycles. The SMILES string of the molecule is C=C(C)C(N)=Cc1ccccc1. The summed E-state index contributed by atoms with van der Waals surface area (Å²) in [6, 6.07) is 9.97. The Labute approximate surface area is 73.2 Å². The van der Waals surface area contributed by atoms with Crippen molar-refractivity contribution >= 4 is 6.08 Å². The van der Waals surface area contributed by atoms with Gasteiger partial charge in [-0.05, 0) is 24.1 Å². The zero-order chi connectivity index (χ0) is 8.97. The average Bonchev–Trinajstić information content (AvgIpc) is 2.06. The van der Waals surface area contributed by atoms with Crippen LogP contribution in [0.4, 0.5) is 0 Å². The van der Waals surface area contributed by atoms with Crippen LogP contribution in [0.5, 0.6) is 0 Å². The highest BCUT2D eigenvalue weighted by molar-refractivity contribution is 5.56. The van der Waals surface area contributed by atoms with Crippen LogP contribution in [0.3, 0.4) is 0 Å². The quantitative estimate of drug-likeness (QED) is 0.659. The van der Waals surface area contributed by atoms with Gasteiger partial charge >= 0.3 is 0 Å². The number of allylic oxidation sites excluding steroid dienone is 1.